The molecule has 1 heterocycles. The number of nitrogens with zero attached hydrogens (tertiary/aromatic N) is 1. The van der Waals surface area contributed by atoms with E-state index in [-0.39, 0.29) is 5.56 Å². The van der Waals surface area contributed by atoms with Crippen LogP contribution in [0.15, 0.2) is 47.3 Å². The summed E-state index contributed by atoms with van der Waals surface area (Å²) in [5.74, 6) is 1.28. The monoisotopic (exact) mass is 266 g/mol. The number of methoxy groups -OCH3 is 1. The molecule has 0 spiro atoms. The van der Waals surface area contributed by atoms with E-state index in [0.717, 1.165) is 16.9 Å². The van der Waals surface area contributed by atoms with Crippen molar-refractivity contribution in [1.82, 2.24) is 9.97 Å². The van der Waals surface area contributed by atoms with E-state index in [4.69, 9.17) is 4.74 Å². The van der Waals surface area contributed by atoms with E-state index >= 15 is 0 Å². The van der Waals surface area contributed by atoms with Crippen LogP contribution in [0.3, 0.4) is 0 Å². The van der Waals surface area contributed by atoms with E-state index in [1.807, 2.05) is 49.4 Å². The zero-order chi connectivity index (χ0) is 14.1. The van der Waals surface area contributed by atoms with Gasteiger partial charge in [0.15, 0.2) is 0 Å². The van der Waals surface area contributed by atoms with Gasteiger partial charge in [0.1, 0.15) is 11.6 Å². The Morgan fingerprint density at radius 1 is 1.15 bits per heavy atom. The summed E-state index contributed by atoms with van der Waals surface area (Å²) in [6.45, 7) is 1.91. The molecule has 0 radical (unpaired) electrons. The van der Waals surface area contributed by atoms with E-state index in [0.29, 0.717) is 16.7 Å². The zero-order valence-corrected chi connectivity index (χ0v) is 11.3. The molecule has 4 heteroatoms. The van der Waals surface area contributed by atoms with Gasteiger partial charge in [-0.05, 0) is 30.7 Å². The standard InChI is InChI=1S/C16H14N2O2/c1-10-5-3-8-13-14(10)16(19)18-15(17-13)11-6-4-7-12(9-11)20-2/h3-9H,1-2H3,(H,17,18,19). The summed E-state index contributed by atoms with van der Waals surface area (Å²) >= 11 is 0. The number of nitrogens with one attached hydrogen (secondary N) is 1. The molecule has 0 saturated heterocycles. The normalized spacial score (nSPS) is 10.7. The summed E-state index contributed by atoms with van der Waals surface area (Å²) in [5, 5.41) is 0.638. The largest absolute Gasteiger partial charge is 0.497 e. The highest BCUT2D eigenvalue weighted by molar-refractivity contribution is 5.82. The average Bonchev–Trinajstić information content (AvgIpc) is 2.47. The lowest BCUT2D eigenvalue weighted by atomic mass is 10.1. The fourth-order valence-electron chi connectivity index (χ4n) is 2.27. The van der Waals surface area contributed by atoms with Crippen molar-refractivity contribution in [3.05, 3.63) is 58.4 Å². The number of ether oxygens (including phenoxy) is 1. The van der Waals surface area contributed by atoms with Gasteiger partial charge in [-0.3, -0.25) is 4.79 Å². The molecule has 1 aromatic heterocycles. The fourth-order valence-corrected chi connectivity index (χ4v) is 2.27. The van der Waals surface area contributed by atoms with Crippen molar-refractivity contribution < 1.29 is 4.74 Å². The van der Waals surface area contributed by atoms with Gasteiger partial charge in [-0.25, -0.2) is 4.98 Å². The Morgan fingerprint density at radius 3 is 2.75 bits per heavy atom. The summed E-state index contributed by atoms with van der Waals surface area (Å²) in [4.78, 5) is 19.6. The predicted octanol–water partition coefficient (Wildman–Crippen LogP) is 2.91. The van der Waals surface area contributed by atoms with Gasteiger partial charge in [0.2, 0.25) is 0 Å². The van der Waals surface area contributed by atoms with Crippen LogP contribution in [0, 0.1) is 6.92 Å². The number of aryl methyl sites for hydroxylation is 1. The molecule has 0 aliphatic rings. The van der Waals surface area contributed by atoms with Crippen molar-refractivity contribution >= 4 is 10.9 Å². The summed E-state index contributed by atoms with van der Waals surface area (Å²) in [6.07, 6.45) is 0. The van der Waals surface area contributed by atoms with E-state index < -0.39 is 0 Å². The van der Waals surface area contributed by atoms with E-state index in [9.17, 15) is 4.79 Å². The first-order chi connectivity index (χ1) is 9.69. The van der Waals surface area contributed by atoms with E-state index in [1.165, 1.54) is 0 Å². The third kappa shape index (κ3) is 2.05. The topological polar surface area (TPSA) is 55.0 Å². The van der Waals surface area contributed by atoms with Crippen molar-refractivity contribution in [2.45, 2.75) is 6.92 Å². The molecule has 0 saturated carbocycles. The molecule has 0 atom stereocenters. The Morgan fingerprint density at radius 2 is 1.95 bits per heavy atom. The number of benzene rings is 2. The van der Waals surface area contributed by atoms with Crippen LogP contribution in [0.2, 0.25) is 0 Å². The third-order valence-electron chi connectivity index (χ3n) is 3.29. The number of aromatic amines is 1. The molecule has 4 nitrogen and oxygen atoms in total. The molecule has 3 aromatic rings. The SMILES string of the molecule is COc1cccc(-c2nc3cccc(C)c3c(=O)[nH]2)c1. The summed E-state index contributed by atoms with van der Waals surface area (Å²) in [6, 6.07) is 13.1. The molecule has 2 aromatic carbocycles. The maximum absolute atomic E-state index is 12.2. The molecule has 0 unspecified atom stereocenters. The van der Waals surface area contributed by atoms with Crippen LogP contribution >= 0.6 is 0 Å². The van der Waals surface area contributed by atoms with Crippen molar-refractivity contribution in [2.24, 2.45) is 0 Å². The molecule has 0 amide bonds. The second-order valence-corrected chi connectivity index (χ2v) is 4.62. The number of hydrogen-bond donors (Lipinski definition) is 1. The summed E-state index contributed by atoms with van der Waals surface area (Å²) < 4.78 is 5.19. The van der Waals surface area contributed by atoms with E-state index in [1.54, 1.807) is 7.11 Å². The van der Waals surface area contributed by atoms with Gasteiger partial charge in [-0.1, -0.05) is 24.3 Å². The maximum atomic E-state index is 12.2. The molecule has 0 bridgehead atoms. The van der Waals surface area contributed by atoms with Crippen molar-refractivity contribution in [3.8, 4) is 17.1 Å². The van der Waals surface area contributed by atoms with Gasteiger partial charge in [0.25, 0.3) is 5.56 Å². The molecule has 0 aliphatic heterocycles. The van der Waals surface area contributed by atoms with Crippen molar-refractivity contribution in [1.29, 1.82) is 0 Å². The minimum Gasteiger partial charge on any atom is -0.497 e. The van der Waals surface area contributed by atoms with Crippen LogP contribution in [0.4, 0.5) is 0 Å². The summed E-state index contributed by atoms with van der Waals surface area (Å²) in [7, 11) is 1.61. The molecule has 3 rings (SSSR count). The number of hydrogen-bond acceptors (Lipinski definition) is 3. The Hall–Kier alpha value is -2.62. The first-order valence-corrected chi connectivity index (χ1v) is 6.33. The van der Waals surface area contributed by atoms with Crippen molar-refractivity contribution in [3.63, 3.8) is 0 Å². The highest BCUT2D eigenvalue weighted by Gasteiger charge is 2.08. The highest BCUT2D eigenvalue weighted by Crippen LogP contribution is 2.21. The molecule has 0 fully saturated rings. The quantitative estimate of drug-likeness (QED) is 0.776. The fraction of sp³-hybridized carbons (Fsp3) is 0.125. The number of fused-ring (bicyclic) bond motifs is 1. The van der Waals surface area contributed by atoms with Gasteiger partial charge in [-0.2, -0.15) is 0 Å². The molecule has 1 N–H and O–H groups in total. The zero-order valence-electron chi connectivity index (χ0n) is 11.3. The number of H-pyrrole nitrogens is 1. The minimum atomic E-state index is -0.120. The molecular weight excluding hydrogens is 252 g/mol. The second kappa shape index (κ2) is 4.81. The van der Waals surface area contributed by atoms with Gasteiger partial charge in [-0.15, -0.1) is 0 Å². The van der Waals surface area contributed by atoms with Gasteiger partial charge >= 0.3 is 0 Å². The van der Waals surface area contributed by atoms with Gasteiger partial charge in [0.05, 0.1) is 18.0 Å². The van der Waals surface area contributed by atoms with Crippen LogP contribution in [0.5, 0.6) is 5.75 Å². The Bertz CT molecular complexity index is 837. The van der Waals surface area contributed by atoms with Crippen LogP contribution in [-0.4, -0.2) is 17.1 Å². The lowest BCUT2D eigenvalue weighted by Gasteiger charge is -2.06. The van der Waals surface area contributed by atoms with Crippen LogP contribution < -0.4 is 10.3 Å². The van der Waals surface area contributed by atoms with E-state index in [2.05, 4.69) is 9.97 Å². The van der Waals surface area contributed by atoms with Gasteiger partial charge in [0, 0.05) is 5.56 Å². The average molecular weight is 266 g/mol. The smallest absolute Gasteiger partial charge is 0.259 e. The first kappa shape index (κ1) is 12.4. The Kier molecular flexibility index (Phi) is 2.99. The molecule has 0 aliphatic carbocycles. The molecular formula is C16H14N2O2. The van der Waals surface area contributed by atoms with Crippen molar-refractivity contribution in [2.75, 3.05) is 7.11 Å². The highest BCUT2D eigenvalue weighted by atomic mass is 16.5. The predicted molar refractivity (Wildman–Crippen MR) is 79.1 cm³/mol. The number of aromatic nitrogens is 2. The number of rotatable bonds is 2. The van der Waals surface area contributed by atoms with Gasteiger partial charge < -0.3 is 9.72 Å². The first-order valence-electron chi connectivity index (χ1n) is 6.33. The maximum Gasteiger partial charge on any atom is 0.259 e. The second-order valence-electron chi connectivity index (χ2n) is 4.62. The van der Waals surface area contributed by atoms with Crippen LogP contribution in [-0.2, 0) is 0 Å². The summed E-state index contributed by atoms with van der Waals surface area (Å²) in [5.41, 5.74) is 2.33. The molecule has 100 valence electrons. The van der Waals surface area contributed by atoms with Crippen LogP contribution in [0.1, 0.15) is 5.56 Å². The minimum absolute atomic E-state index is 0.120. The lowest BCUT2D eigenvalue weighted by Crippen LogP contribution is -2.10. The Labute approximate surface area is 116 Å². The lowest BCUT2D eigenvalue weighted by molar-refractivity contribution is 0.415. The van der Waals surface area contributed by atoms with Crippen LogP contribution in [0.25, 0.3) is 22.3 Å². The third-order valence-corrected chi connectivity index (χ3v) is 3.29. The molecule has 20 heavy (non-hydrogen) atoms. The Balaban J connectivity index is 2.25.